The van der Waals surface area contributed by atoms with Crippen LogP contribution >= 0.6 is 11.3 Å². The van der Waals surface area contributed by atoms with Crippen molar-refractivity contribution in [1.82, 2.24) is 4.90 Å². The van der Waals surface area contributed by atoms with Crippen LogP contribution in [0.15, 0.2) is 6.07 Å². The van der Waals surface area contributed by atoms with Crippen molar-refractivity contribution in [1.29, 1.82) is 0 Å². The lowest BCUT2D eigenvalue weighted by molar-refractivity contribution is -0.137. The Morgan fingerprint density at radius 3 is 2.63 bits per heavy atom. The van der Waals surface area contributed by atoms with Crippen LogP contribution in [0, 0.1) is 0 Å². The van der Waals surface area contributed by atoms with Crippen molar-refractivity contribution in [2.45, 2.75) is 70.1 Å². The molecule has 0 saturated carbocycles. The number of hydrogen-bond donors (Lipinski definition) is 1. The second-order valence-electron chi connectivity index (χ2n) is 8.19. The Labute approximate surface area is 160 Å². The summed E-state index contributed by atoms with van der Waals surface area (Å²) in [6, 6.07) is 0.757. The minimum atomic E-state index is -4.47. The van der Waals surface area contributed by atoms with Crippen molar-refractivity contribution in [2.75, 3.05) is 13.2 Å². The van der Waals surface area contributed by atoms with Crippen molar-refractivity contribution in [3.05, 3.63) is 21.4 Å². The van der Waals surface area contributed by atoms with Gasteiger partial charge in [0.05, 0.1) is 6.61 Å². The molecule has 1 saturated heterocycles. The van der Waals surface area contributed by atoms with Crippen molar-refractivity contribution in [3.8, 4) is 0 Å². The topological polar surface area (TPSA) is 59.0 Å². The lowest BCUT2D eigenvalue weighted by Gasteiger charge is -2.47. The van der Waals surface area contributed by atoms with Gasteiger partial charge in [0.15, 0.2) is 0 Å². The number of hydrogen-bond acceptors (Lipinski definition) is 5. The number of ether oxygens (including phenoxy) is 2. The Balaban J connectivity index is 1.86. The number of aliphatic hydroxyl groups is 1. The molecule has 3 atom stereocenters. The van der Waals surface area contributed by atoms with Crippen LogP contribution in [0.1, 0.15) is 62.0 Å². The molecule has 152 valence electrons. The molecule has 1 aromatic rings. The second kappa shape index (κ2) is 6.63. The van der Waals surface area contributed by atoms with Gasteiger partial charge in [-0.1, -0.05) is 0 Å². The fraction of sp³-hybridized carbons (Fsp3) is 0.722. The molecule has 1 aromatic heterocycles. The van der Waals surface area contributed by atoms with E-state index in [-0.39, 0.29) is 18.2 Å². The fourth-order valence-electron chi connectivity index (χ4n) is 3.68. The molecular formula is C18H24F3NO4S. The molecular weight excluding hydrogens is 383 g/mol. The predicted octanol–water partition coefficient (Wildman–Crippen LogP) is 4.45. The summed E-state index contributed by atoms with van der Waals surface area (Å²) < 4.78 is 50.8. The number of alkyl halides is 3. The Morgan fingerprint density at radius 1 is 1.41 bits per heavy atom. The van der Waals surface area contributed by atoms with E-state index in [1.54, 1.807) is 25.7 Å². The average molecular weight is 407 g/mol. The maximum Gasteiger partial charge on any atom is 0.425 e. The van der Waals surface area contributed by atoms with Gasteiger partial charge in [0.2, 0.25) is 0 Å². The van der Waals surface area contributed by atoms with Gasteiger partial charge in [-0.3, -0.25) is 0 Å². The number of fused-ring (bicyclic) bond motifs is 2. The van der Waals surface area contributed by atoms with Crippen molar-refractivity contribution >= 4 is 17.4 Å². The zero-order valence-electron chi connectivity index (χ0n) is 15.7. The van der Waals surface area contributed by atoms with Gasteiger partial charge in [-0.25, -0.2) is 4.79 Å². The van der Waals surface area contributed by atoms with Crippen LogP contribution in [0.25, 0.3) is 0 Å². The first-order chi connectivity index (χ1) is 12.3. The van der Waals surface area contributed by atoms with Gasteiger partial charge in [-0.2, -0.15) is 13.2 Å². The number of rotatable bonds is 0. The number of nitrogens with zero attached hydrogens (tertiary/aromatic N) is 1. The molecule has 5 nitrogen and oxygen atoms in total. The summed E-state index contributed by atoms with van der Waals surface area (Å²) in [7, 11) is 0. The number of aliphatic hydroxyl groups excluding tert-OH is 1. The minimum Gasteiger partial charge on any atom is -0.444 e. The van der Waals surface area contributed by atoms with Gasteiger partial charge in [-0.05, 0) is 40.2 Å². The molecule has 0 aliphatic carbocycles. The summed E-state index contributed by atoms with van der Waals surface area (Å²) >= 11 is 0.628. The lowest BCUT2D eigenvalue weighted by Crippen LogP contribution is -2.53. The largest absolute Gasteiger partial charge is 0.444 e. The van der Waals surface area contributed by atoms with Gasteiger partial charge < -0.3 is 19.5 Å². The molecule has 2 aliphatic heterocycles. The molecule has 0 radical (unpaired) electrons. The van der Waals surface area contributed by atoms with Crippen molar-refractivity contribution < 1.29 is 32.5 Å². The number of likely N-dealkylation sites (tertiary alicyclic amines) is 1. The molecule has 3 heterocycles. The van der Waals surface area contributed by atoms with Crippen molar-refractivity contribution in [3.63, 3.8) is 0 Å². The summed E-state index contributed by atoms with van der Waals surface area (Å²) in [4.78, 5) is 13.7. The van der Waals surface area contributed by atoms with Gasteiger partial charge in [0.25, 0.3) is 0 Å². The zero-order valence-corrected chi connectivity index (χ0v) is 16.5. The van der Waals surface area contributed by atoms with E-state index >= 15 is 0 Å². The van der Waals surface area contributed by atoms with Gasteiger partial charge in [-0.15, -0.1) is 11.3 Å². The third-order valence-electron chi connectivity index (χ3n) is 4.87. The first kappa shape index (κ1) is 20.4. The number of amides is 1. The van der Waals surface area contributed by atoms with E-state index in [1.807, 2.05) is 6.92 Å². The Hall–Kier alpha value is -1.32. The van der Waals surface area contributed by atoms with E-state index in [2.05, 4.69) is 0 Å². The fourth-order valence-corrected chi connectivity index (χ4v) is 4.95. The maximum absolute atomic E-state index is 13.2. The van der Waals surface area contributed by atoms with Gasteiger partial charge in [0.1, 0.15) is 22.2 Å². The summed E-state index contributed by atoms with van der Waals surface area (Å²) in [6.45, 7) is 7.43. The predicted molar refractivity (Wildman–Crippen MR) is 93.5 cm³/mol. The van der Waals surface area contributed by atoms with E-state index in [0.717, 1.165) is 6.07 Å². The summed E-state index contributed by atoms with van der Waals surface area (Å²) in [5, 5.41) is 10.1. The number of halogens is 3. The molecule has 1 unspecified atom stereocenters. The average Bonchev–Trinajstić information content (AvgIpc) is 2.97. The van der Waals surface area contributed by atoms with Crippen LogP contribution in [-0.4, -0.2) is 40.9 Å². The van der Waals surface area contributed by atoms with E-state index < -0.39 is 34.5 Å². The van der Waals surface area contributed by atoms with E-state index in [9.17, 15) is 23.1 Å². The molecule has 0 aromatic carbocycles. The Morgan fingerprint density at radius 2 is 2.07 bits per heavy atom. The van der Waals surface area contributed by atoms with Crippen LogP contribution in [0.2, 0.25) is 0 Å². The highest BCUT2D eigenvalue weighted by Crippen LogP contribution is 2.51. The van der Waals surface area contributed by atoms with Crippen LogP contribution in [0.3, 0.4) is 0 Å². The maximum atomic E-state index is 13.2. The van der Waals surface area contributed by atoms with Crippen LogP contribution < -0.4 is 0 Å². The number of carbonyl (C=O) groups is 1. The molecule has 1 fully saturated rings. The van der Waals surface area contributed by atoms with E-state index in [1.165, 1.54) is 0 Å². The van der Waals surface area contributed by atoms with Crippen LogP contribution in [0.5, 0.6) is 0 Å². The number of piperidine rings is 1. The standard InChI is InChI=1S/C18H24F3NO4S/c1-10-8-17(5-6-22(10)15(24)26-16(2,3)4)14-11(12(23)9-25-17)7-13(27-14)18(19,20)21/h7,10,12,23H,5-6,8-9H2,1-4H3/t10-,12?,17+/m0/s1. The van der Waals surface area contributed by atoms with Gasteiger partial charge >= 0.3 is 12.3 Å². The molecule has 1 N–H and O–H groups in total. The summed E-state index contributed by atoms with van der Waals surface area (Å²) in [6.07, 6.45) is -5.27. The molecule has 3 rings (SSSR count). The third kappa shape index (κ3) is 3.95. The quantitative estimate of drug-likeness (QED) is 0.691. The SMILES string of the molecule is C[C@H]1C[C@@]2(CCN1C(=O)OC(C)(C)C)OCC(O)c1cc(C(F)(F)F)sc12. The van der Waals surface area contributed by atoms with Crippen LogP contribution in [-0.2, 0) is 21.3 Å². The molecule has 9 heteroatoms. The first-order valence-corrected chi connectivity index (χ1v) is 9.67. The number of carbonyl (C=O) groups excluding carboxylic acids is 1. The first-order valence-electron chi connectivity index (χ1n) is 8.85. The minimum absolute atomic E-state index is 0.0554. The summed E-state index contributed by atoms with van der Waals surface area (Å²) in [5.41, 5.74) is -1.25. The molecule has 1 amide bonds. The molecule has 1 spiro atoms. The third-order valence-corrected chi connectivity index (χ3v) is 6.25. The zero-order chi connectivity index (χ0) is 20.2. The molecule has 0 bridgehead atoms. The highest BCUT2D eigenvalue weighted by Gasteiger charge is 2.49. The van der Waals surface area contributed by atoms with E-state index in [4.69, 9.17) is 9.47 Å². The molecule has 27 heavy (non-hydrogen) atoms. The monoisotopic (exact) mass is 407 g/mol. The highest BCUT2D eigenvalue weighted by atomic mass is 32.1. The second-order valence-corrected chi connectivity index (χ2v) is 9.24. The Kier molecular flexibility index (Phi) is 5.01. The summed E-state index contributed by atoms with van der Waals surface area (Å²) in [5.74, 6) is 0. The van der Waals surface area contributed by atoms with E-state index in [0.29, 0.717) is 35.6 Å². The Bertz CT molecular complexity index is 727. The highest BCUT2D eigenvalue weighted by molar-refractivity contribution is 7.12. The smallest absolute Gasteiger partial charge is 0.425 e. The van der Waals surface area contributed by atoms with Gasteiger partial charge in [0, 0.05) is 29.4 Å². The van der Waals surface area contributed by atoms with Crippen molar-refractivity contribution in [2.24, 2.45) is 0 Å². The lowest BCUT2D eigenvalue weighted by atomic mass is 9.81. The normalized spacial score (nSPS) is 29.0. The number of thiophene rings is 1. The van der Waals surface area contributed by atoms with Crippen LogP contribution in [0.4, 0.5) is 18.0 Å². The molecule has 2 aliphatic rings.